The summed E-state index contributed by atoms with van der Waals surface area (Å²) >= 11 is 3.39. The molecule has 0 fully saturated rings. The SMILES string of the molecule is C=CCC(N)Cc1ccc(Br)cc1. The van der Waals surface area contributed by atoms with Crippen LogP contribution >= 0.6 is 15.9 Å². The van der Waals surface area contributed by atoms with Crippen molar-refractivity contribution < 1.29 is 0 Å². The van der Waals surface area contributed by atoms with Crippen molar-refractivity contribution in [3.8, 4) is 0 Å². The molecule has 1 rings (SSSR count). The van der Waals surface area contributed by atoms with Crippen LogP contribution in [0.4, 0.5) is 0 Å². The second-order valence-electron chi connectivity index (χ2n) is 3.12. The number of hydrogen-bond acceptors (Lipinski definition) is 1. The van der Waals surface area contributed by atoms with Crippen LogP contribution in [0.5, 0.6) is 0 Å². The van der Waals surface area contributed by atoms with Crippen molar-refractivity contribution in [1.29, 1.82) is 0 Å². The van der Waals surface area contributed by atoms with Gasteiger partial charge in [0.25, 0.3) is 0 Å². The Morgan fingerprint density at radius 3 is 2.54 bits per heavy atom. The molecule has 70 valence electrons. The van der Waals surface area contributed by atoms with Gasteiger partial charge in [-0.2, -0.15) is 0 Å². The van der Waals surface area contributed by atoms with Crippen LogP contribution < -0.4 is 5.73 Å². The van der Waals surface area contributed by atoms with Gasteiger partial charge in [-0.15, -0.1) is 6.58 Å². The molecule has 0 aliphatic heterocycles. The molecule has 0 amide bonds. The molecule has 2 N–H and O–H groups in total. The number of halogens is 1. The summed E-state index contributed by atoms with van der Waals surface area (Å²) in [6, 6.07) is 8.45. The van der Waals surface area contributed by atoms with Gasteiger partial charge in [0.2, 0.25) is 0 Å². The number of benzene rings is 1. The lowest BCUT2D eigenvalue weighted by Gasteiger charge is -2.08. The van der Waals surface area contributed by atoms with Crippen molar-refractivity contribution in [3.63, 3.8) is 0 Å². The zero-order valence-electron chi connectivity index (χ0n) is 7.54. The first-order chi connectivity index (χ1) is 6.22. The summed E-state index contributed by atoms with van der Waals surface area (Å²) in [5.74, 6) is 0. The number of hydrogen-bond donors (Lipinski definition) is 1. The molecule has 0 aliphatic carbocycles. The molecule has 0 saturated carbocycles. The fourth-order valence-corrected chi connectivity index (χ4v) is 1.48. The molecule has 2 heteroatoms. The lowest BCUT2D eigenvalue weighted by Crippen LogP contribution is -2.21. The highest BCUT2D eigenvalue weighted by molar-refractivity contribution is 9.10. The monoisotopic (exact) mass is 239 g/mol. The topological polar surface area (TPSA) is 26.0 Å². The lowest BCUT2D eigenvalue weighted by atomic mass is 10.0. The van der Waals surface area contributed by atoms with Gasteiger partial charge in [0.15, 0.2) is 0 Å². The van der Waals surface area contributed by atoms with Gasteiger partial charge in [-0.05, 0) is 30.5 Å². The van der Waals surface area contributed by atoms with E-state index in [4.69, 9.17) is 5.73 Å². The first-order valence-electron chi connectivity index (χ1n) is 4.33. The van der Waals surface area contributed by atoms with Crippen LogP contribution in [0, 0.1) is 0 Å². The van der Waals surface area contributed by atoms with E-state index in [9.17, 15) is 0 Å². The Kier molecular flexibility index (Phi) is 4.19. The fourth-order valence-electron chi connectivity index (χ4n) is 1.22. The maximum Gasteiger partial charge on any atom is 0.0175 e. The van der Waals surface area contributed by atoms with Gasteiger partial charge < -0.3 is 5.73 Å². The van der Waals surface area contributed by atoms with Crippen molar-refractivity contribution >= 4 is 15.9 Å². The Balaban J connectivity index is 2.53. The summed E-state index contributed by atoms with van der Waals surface area (Å²) in [6.07, 6.45) is 3.65. The van der Waals surface area contributed by atoms with Crippen LogP contribution in [0.3, 0.4) is 0 Å². The van der Waals surface area contributed by atoms with E-state index in [0.29, 0.717) is 0 Å². The zero-order valence-corrected chi connectivity index (χ0v) is 9.13. The molecular weight excluding hydrogens is 226 g/mol. The van der Waals surface area contributed by atoms with Crippen LogP contribution in [0.25, 0.3) is 0 Å². The molecule has 0 aromatic heterocycles. The van der Waals surface area contributed by atoms with E-state index in [1.165, 1.54) is 5.56 Å². The summed E-state index contributed by atoms with van der Waals surface area (Å²) in [5, 5.41) is 0. The fraction of sp³-hybridized carbons (Fsp3) is 0.273. The molecule has 1 aromatic carbocycles. The quantitative estimate of drug-likeness (QED) is 0.804. The highest BCUT2D eigenvalue weighted by atomic mass is 79.9. The molecule has 0 heterocycles. The largest absolute Gasteiger partial charge is 0.327 e. The van der Waals surface area contributed by atoms with Crippen molar-refractivity contribution in [2.24, 2.45) is 5.73 Å². The van der Waals surface area contributed by atoms with Gasteiger partial charge in [-0.1, -0.05) is 34.1 Å². The predicted octanol–water partition coefficient (Wildman–Crippen LogP) is 2.90. The molecule has 0 bridgehead atoms. The van der Waals surface area contributed by atoms with Gasteiger partial charge >= 0.3 is 0 Å². The summed E-state index contributed by atoms with van der Waals surface area (Å²) in [6.45, 7) is 3.67. The third-order valence-electron chi connectivity index (χ3n) is 1.88. The summed E-state index contributed by atoms with van der Waals surface area (Å²) in [5.41, 5.74) is 7.15. The van der Waals surface area contributed by atoms with E-state index in [1.807, 2.05) is 18.2 Å². The Labute approximate surface area is 87.8 Å². The molecule has 0 spiro atoms. The standard InChI is InChI=1S/C11H14BrN/c1-2-3-11(13)8-9-4-6-10(12)7-5-9/h2,4-7,11H,1,3,8,13H2. The molecule has 1 unspecified atom stereocenters. The minimum atomic E-state index is 0.193. The smallest absolute Gasteiger partial charge is 0.0175 e. The van der Waals surface area contributed by atoms with Gasteiger partial charge in [-0.3, -0.25) is 0 Å². The lowest BCUT2D eigenvalue weighted by molar-refractivity contribution is 0.679. The molecule has 1 atom stereocenters. The first kappa shape index (κ1) is 10.5. The van der Waals surface area contributed by atoms with Gasteiger partial charge in [0.05, 0.1) is 0 Å². The molecule has 13 heavy (non-hydrogen) atoms. The van der Waals surface area contributed by atoms with Crippen LogP contribution in [0.2, 0.25) is 0 Å². The van der Waals surface area contributed by atoms with E-state index in [-0.39, 0.29) is 6.04 Å². The van der Waals surface area contributed by atoms with E-state index in [2.05, 4.69) is 34.6 Å². The van der Waals surface area contributed by atoms with Gasteiger partial charge in [-0.25, -0.2) is 0 Å². The first-order valence-corrected chi connectivity index (χ1v) is 5.12. The Morgan fingerprint density at radius 1 is 1.38 bits per heavy atom. The van der Waals surface area contributed by atoms with E-state index < -0.39 is 0 Å². The average Bonchev–Trinajstić information content (AvgIpc) is 2.09. The third-order valence-corrected chi connectivity index (χ3v) is 2.41. The van der Waals surface area contributed by atoms with Crippen LogP contribution in [-0.4, -0.2) is 6.04 Å². The number of nitrogens with two attached hydrogens (primary N) is 1. The maximum absolute atomic E-state index is 5.87. The average molecular weight is 240 g/mol. The summed E-state index contributed by atoms with van der Waals surface area (Å²) < 4.78 is 1.11. The van der Waals surface area contributed by atoms with Crippen molar-refractivity contribution in [1.82, 2.24) is 0 Å². The summed E-state index contributed by atoms with van der Waals surface area (Å²) in [4.78, 5) is 0. The highest BCUT2D eigenvalue weighted by Crippen LogP contribution is 2.12. The minimum absolute atomic E-state index is 0.193. The molecule has 0 saturated heterocycles. The van der Waals surface area contributed by atoms with E-state index >= 15 is 0 Å². The molecule has 1 aromatic rings. The second kappa shape index (κ2) is 5.20. The van der Waals surface area contributed by atoms with Crippen molar-refractivity contribution in [2.45, 2.75) is 18.9 Å². The van der Waals surface area contributed by atoms with Crippen LogP contribution in [0.15, 0.2) is 41.4 Å². The van der Waals surface area contributed by atoms with Gasteiger partial charge in [0, 0.05) is 10.5 Å². The Morgan fingerprint density at radius 2 is 2.00 bits per heavy atom. The maximum atomic E-state index is 5.87. The zero-order chi connectivity index (χ0) is 9.68. The normalized spacial score (nSPS) is 12.5. The van der Waals surface area contributed by atoms with Crippen molar-refractivity contribution in [2.75, 3.05) is 0 Å². The Bertz CT molecular complexity index is 266. The predicted molar refractivity (Wildman–Crippen MR) is 60.6 cm³/mol. The molecular formula is C11H14BrN. The second-order valence-corrected chi connectivity index (χ2v) is 4.03. The number of rotatable bonds is 4. The molecule has 0 radical (unpaired) electrons. The molecule has 1 nitrogen and oxygen atoms in total. The van der Waals surface area contributed by atoms with E-state index in [1.54, 1.807) is 0 Å². The highest BCUT2D eigenvalue weighted by Gasteiger charge is 2.01. The van der Waals surface area contributed by atoms with Crippen molar-refractivity contribution in [3.05, 3.63) is 47.0 Å². The van der Waals surface area contributed by atoms with E-state index in [0.717, 1.165) is 17.3 Å². The Hall–Kier alpha value is -0.600. The van der Waals surface area contributed by atoms with Crippen LogP contribution in [0.1, 0.15) is 12.0 Å². The summed E-state index contributed by atoms with van der Waals surface area (Å²) in [7, 11) is 0. The minimum Gasteiger partial charge on any atom is -0.327 e. The van der Waals surface area contributed by atoms with Gasteiger partial charge in [0.1, 0.15) is 0 Å². The molecule has 0 aliphatic rings. The van der Waals surface area contributed by atoms with Crippen LogP contribution in [-0.2, 0) is 6.42 Å². The third kappa shape index (κ3) is 3.75.